The first-order valence-corrected chi connectivity index (χ1v) is 6.28. The molecule has 4 nitrogen and oxygen atoms in total. The van der Waals surface area contributed by atoms with Crippen LogP contribution in [-0.2, 0) is 9.53 Å². The lowest BCUT2D eigenvalue weighted by Gasteiger charge is -2.18. The average Bonchev–Trinajstić information content (AvgIpc) is 2.27. The summed E-state index contributed by atoms with van der Waals surface area (Å²) in [6.07, 6.45) is 3.85. The quantitative estimate of drug-likeness (QED) is 0.474. The van der Waals surface area contributed by atoms with E-state index in [1.807, 2.05) is 0 Å². The van der Waals surface area contributed by atoms with Crippen molar-refractivity contribution in [3.63, 3.8) is 0 Å². The van der Waals surface area contributed by atoms with Gasteiger partial charge in [0.15, 0.2) is 0 Å². The van der Waals surface area contributed by atoms with Crippen molar-refractivity contribution in [1.29, 1.82) is 0 Å². The zero-order valence-electron chi connectivity index (χ0n) is 11.5. The van der Waals surface area contributed by atoms with Crippen LogP contribution in [0.25, 0.3) is 0 Å². The minimum Gasteiger partial charge on any atom is -0.377 e. The third kappa shape index (κ3) is 11.9. The second-order valence-corrected chi connectivity index (χ2v) is 4.60. The third-order valence-electron chi connectivity index (χ3n) is 2.33. The highest BCUT2D eigenvalue weighted by Gasteiger charge is 2.11. The van der Waals surface area contributed by atoms with E-state index in [9.17, 15) is 4.79 Å². The van der Waals surface area contributed by atoms with E-state index in [1.54, 1.807) is 6.08 Å². The molecule has 0 fully saturated rings. The monoisotopic (exact) mass is 278 g/mol. The molecule has 1 atom stereocenters. The van der Waals surface area contributed by atoms with Crippen molar-refractivity contribution in [1.82, 2.24) is 5.32 Å². The highest BCUT2D eigenvalue weighted by Crippen LogP contribution is 2.04. The fraction of sp³-hybridized carbons (Fsp3) is 0.769. The first kappa shape index (κ1) is 19.8. The van der Waals surface area contributed by atoms with Gasteiger partial charge in [-0.25, -0.2) is 0 Å². The molecule has 5 heteroatoms. The van der Waals surface area contributed by atoms with Crippen LogP contribution in [-0.4, -0.2) is 31.7 Å². The Hall–Kier alpha value is -0.580. The van der Waals surface area contributed by atoms with Gasteiger partial charge in [-0.2, -0.15) is 0 Å². The van der Waals surface area contributed by atoms with Crippen molar-refractivity contribution in [2.45, 2.75) is 39.2 Å². The van der Waals surface area contributed by atoms with Gasteiger partial charge in [-0.3, -0.25) is 4.79 Å². The molecular formula is C13H27ClN2O2. The van der Waals surface area contributed by atoms with Crippen LogP contribution in [0, 0.1) is 5.92 Å². The molecule has 0 aliphatic heterocycles. The Morgan fingerprint density at radius 3 is 2.67 bits per heavy atom. The zero-order chi connectivity index (χ0) is 13.1. The Morgan fingerprint density at radius 2 is 2.17 bits per heavy atom. The Balaban J connectivity index is 0. The van der Waals surface area contributed by atoms with Gasteiger partial charge in [0, 0.05) is 25.6 Å². The van der Waals surface area contributed by atoms with E-state index in [0.29, 0.717) is 32.1 Å². The molecule has 0 aliphatic carbocycles. The normalized spacial score (nSPS) is 11.8. The highest BCUT2D eigenvalue weighted by molar-refractivity contribution is 5.85. The van der Waals surface area contributed by atoms with Crippen molar-refractivity contribution in [2.75, 3.05) is 19.8 Å². The SMILES string of the molecule is C=CCOCCCC(=O)NC(CN)CC(C)C.Cl. The predicted octanol–water partition coefficient (Wildman–Crippen LogP) is 1.88. The van der Waals surface area contributed by atoms with Crippen molar-refractivity contribution in [2.24, 2.45) is 11.7 Å². The number of ether oxygens (including phenoxy) is 1. The molecule has 0 aromatic carbocycles. The Morgan fingerprint density at radius 1 is 1.50 bits per heavy atom. The minimum absolute atomic E-state index is 0. The lowest BCUT2D eigenvalue weighted by molar-refractivity contribution is -0.122. The first-order chi connectivity index (χ1) is 8.10. The van der Waals surface area contributed by atoms with Crippen LogP contribution < -0.4 is 11.1 Å². The van der Waals surface area contributed by atoms with Gasteiger partial charge in [-0.05, 0) is 18.8 Å². The number of amides is 1. The number of hydrogen-bond donors (Lipinski definition) is 2. The molecular weight excluding hydrogens is 252 g/mol. The molecule has 0 spiro atoms. The number of rotatable bonds is 10. The number of nitrogens with two attached hydrogens (primary N) is 1. The summed E-state index contributed by atoms with van der Waals surface area (Å²) in [5, 5.41) is 2.95. The summed E-state index contributed by atoms with van der Waals surface area (Å²) in [5.74, 6) is 0.600. The summed E-state index contributed by atoms with van der Waals surface area (Å²) in [5.41, 5.74) is 5.61. The summed E-state index contributed by atoms with van der Waals surface area (Å²) in [4.78, 5) is 11.6. The topological polar surface area (TPSA) is 64.3 Å². The number of halogens is 1. The lowest BCUT2D eigenvalue weighted by Crippen LogP contribution is -2.41. The smallest absolute Gasteiger partial charge is 0.220 e. The number of carbonyl (C=O) groups excluding carboxylic acids is 1. The summed E-state index contributed by atoms with van der Waals surface area (Å²) in [6, 6.07) is 0.0941. The highest BCUT2D eigenvalue weighted by atomic mass is 35.5. The number of hydrogen-bond acceptors (Lipinski definition) is 3. The Labute approximate surface area is 117 Å². The molecule has 0 saturated heterocycles. The predicted molar refractivity (Wildman–Crippen MR) is 77.9 cm³/mol. The molecule has 1 unspecified atom stereocenters. The number of carbonyl (C=O) groups is 1. The number of nitrogens with one attached hydrogen (secondary N) is 1. The van der Waals surface area contributed by atoms with Gasteiger partial charge in [0.2, 0.25) is 5.91 Å². The summed E-state index contributed by atoms with van der Waals surface area (Å²) in [6.45, 7) is 9.43. The van der Waals surface area contributed by atoms with E-state index >= 15 is 0 Å². The third-order valence-corrected chi connectivity index (χ3v) is 2.33. The van der Waals surface area contributed by atoms with Gasteiger partial charge in [-0.15, -0.1) is 19.0 Å². The fourth-order valence-electron chi connectivity index (χ4n) is 1.58. The molecule has 18 heavy (non-hydrogen) atoms. The van der Waals surface area contributed by atoms with E-state index in [0.717, 1.165) is 12.8 Å². The minimum atomic E-state index is 0. The summed E-state index contributed by atoms with van der Waals surface area (Å²) >= 11 is 0. The fourth-order valence-corrected chi connectivity index (χ4v) is 1.58. The van der Waals surface area contributed by atoms with Crippen molar-refractivity contribution < 1.29 is 9.53 Å². The van der Waals surface area contributed by atoms with E-state index in [-0.39, 0.29) is 24.4 Å². The van der Waals surface area contributed by atoms with Gasteiger partial charge < -0.3 is 15.8 Å². The molecule has 1 amide bonds. The molecule has 0 heterocycles. The van der Waals surface area contributed by atoms with Crippen LogP contribution in [0.2, 0.25) is 0 Å². The van der Waals surface area contributed by atoms with Crippen molar-refractivity contribution in [3.8, 4) is 0 Å². The second-order valence-electron chi connectivity index (χ2n) is 4.60. The average molecular weight is 279 g/mol. The zero-order valence-corrected chi connectivity index (χ0v) is 12.3. The lowest BCUT2D eigenvalue weighted by atomic mass is 10.0. The van der Waals surface area contributed by atoms with E-state index in [1.165, 1.54) is 0 Å². The van der Waals surface area contributed by atoms with Gasteiger partial charge in [-0.1, -0.05) is 19.9 Å². The molecule has 108 valence electrons. The first-order valence-electron chi connectivity index (χ1n) is 6.28. The van der Waals surface area contributed by atoms with Crippen molar-refractivity contribution in [3.05, 3.63) is 12.7 Å². The van der Waals surface area contributed by atoms with Crippen molar-refractivity contribution >= 4 is 18.3 Å². The van der Waals surface area contributed by atoms with Crippen LogP contribution >= 0.6 is 12.4 Å². The van der Waals surface area contributed by atoms with Crippen LogP contribution in [0.4, 0.5) is 0 Å². The second kappa shape index (κ2) is 12.9. The molecule has 0 aliphatic rings. The molecule has 0 radical (unpaired) electrons. The molecule has 0 aromatic heterocycles. The van der Waals surface area contributed by atoms with E-state index in [4.69, 9.17) is 10.5 Å². The maximum absolute atomic E-state index is 11.6. The van der Waals surface area contributed by atoms with Crippen LogP contribution in [0.1, 0.15) is 33.1 Å². The molecule has 3 N–H and O–H groups in total. The van der Waals surface area contributed by atoms with Crippen LogP contribution in [0.5, 0.6) is 0 Å². The maximum atomic E-state index is 11.6. The molecule has 0 saturated carbocycles. The van der Waals surface area contributed by atoms with Gasteiger partial charge in [0.1, 0.15) is 0 Å². The van der Waals surface area contributed by atoms with Crippen LogP contribution in [0.3, 0.4) is 0 Å². The molecule has 0 rings (SSSR count). The van der Waals surface area contributed by atoms with Gasteiger partial charge >= 0.3 is 0 Å². The van der Waals surface area contributed by atoms with E-state index in [2.05, 4.69) is 25.7 Å². The standard InChI is InChI=1S/C13H26N2O2.ClH/c1-4-7-17-8-5-6-13(16)15-12(10-14)9-11(2)3;/h4,11-12H,1,5-10,14H2,2-3H3,(H,15,16);1H. The molecule has 0 bridgehead atoms. The maximum Gasteiger partial charge on any atom is 0.220 e. The summed E-state index contributed by atoms with van der Waals surface area (Å²) < 4.78 is 5.21. The molecule has 0 aromatic rings. The van der Waals surface area contributed by atoms with Crippen LogP contribution in [0.15, 0.2) is 12.7 Å². The van der Waals surface area contributed by atoms with Gasteiger partial charge in [0.05, 0.1) is 6.61 Å². The van der Waals surface area contributed by atoms with E-state index < -0.39 is 0 Å². The Bertz CT molecular complexity index is 223. The Kier molecular flexibility index (Phi) is 14.1. The summed E-state index contributed by atoms with van der Waals surface area (Å²) in [7, 11) is 0. The largest absolute Gasteiger partial charge is 0.377 e. The van der Waals surface area contributed by atoms with Gasteiger partial charge in [0.25, 0.3) is 0 Å².